The number of nitrogens with zero attached hydrogens (tertiary/aromatic N) is 1. The summed E-state index contributed by atoms with van der Waals surface area (Å²) in [5, 5.41) is 0. The number of benzene rings is 1. The predicted octanol–water partition coefficient (Wildman–Crippen LogP) is 3.42. The smallest absolute Gasteiger partial charge is 0.222 e. The standard InChI is InChI=1S/C17H25NO2/c1-2-20-16-10-6-5-9-15(16)11-12-17(19)18-13-7-3-4-8-14-18/h5-6,9-10H,2-4,7-8,11-14H2,1H3. The second kappa shape index (κ2) is 7.93. The summed E-state index contributed by atoms with van der Waals surface area (Å²) < 4.78 is 5.61. The number of likely N-dealkylation sites (tertiary alicyclic amines) is 1. The molecule has 0 N–H and O–H groups in total. The first-order chi connectivity index (χ1) is 9.81. The monoisotopic (exact) mass is 275 g/mol. The lowest BCUT2D eigenvalue weighted by atomic mass is 10.1. The van der Waals surface area contributed by atoms with Crippen LogP contribution < -0.4 is 4.74 Å². The van der Waals surface area contributed by atoms with E-state index in [1.807, 2.05) is 30.0 Å². The lowest BCUT2D eigenvalue weighted by Gasteiger charge is -2.20. The number of carbonyl (C=O) groups is 1. The maximum absolute atomic E-state index is 12.3. The van der Waals surface area contributed by atoms with E-state index in [9.17, 15) is 4.79 Å². The molecule has 0 atom stereocenters. The van der Waals surface area contributed by atoms with Crippen LogP contribution in [0.1, 0.15) is 44.6 Å². The van der Waals surface area contributed by atoms with Crippen LogP contribution in [0, 0.1) is 0 Å². The van der Waals surface area contributed by atoms with Crippen LogP contribution in [0.3, 0.4) is 0 Å². The van der Waals surface area contributed by atoms with Gasteiger partial charge in [0.05, 0.1) is 6.61 Å². The van der Waals surface area contributed by atoms with E-state index < -0.39 is 0 Å². The zero-order valence-corrected chi connectivity index (χ0v) is 12.4. The first-order valence-electron chi connectivity index (χ1n) is 7.79. The molecule has 0 radical (unpaired) electrons. The van der Waals surface area contributed by atoms with Crippen LogP contribution in [0.4, 0.5) is 0 Å². The van der Waals surface area contributed by atoms with E-state index in [1.165, 1.54) is 12.8 Å². The highest BCUT2D eigenvalue weighted by Crippen LogP contribution is 2.20. The summed E-state index contributed by atoms with van der Waals surface area (Å²) in [6, 6.07) is 8.02. The molecule has 3 nitrogen and oxygen atoms in total. The minimum atomic E-state index is 0.290. The number of hydrogen-bond acceptors (Lipinski definition) is 2. The highest BCUT2D eigenvalue weighted by molar-refractivity contribution is 5.76. The molecule has 0 aliphatic carbocycles. The number of hydrogen-bond donors (Lipinski definition) is 0. The third-order valence-electron chi connectivity index (χ3n) is 3.84. The van der Waals surface area contributed by atoms with Crippen molar-refractivity contribution in [1.82, 2.24) is 4.90 Å². The molecule has 1 aliphatic rings. The van der Waals surface area contributed by atoms with Gasteiger partial charge >= 0.3 is 0 Å². The lowest BCUT2D eigenvalue weighted by Crippen LogP contribution is -2.31. The average Bonchev–Trinajstić information content (AvgIpc) is 2.75. The summed E-state index contributed by atoms with van der Waals surface area (Å²) in [7, 11) is 0. The lowest BCUT2D eigenvalue weighted by molar-refractivity contribution is -0.131. The van der Waals surface area contributed by atoms with Crippen molar-refractivity contribution >= 4 is 5.91 Å². The topological polar surface area (TPSA) is 29.5 Å². The molecule has 1 heterocycles. The fourth-order valence-corrected chi connectivity index (χ4v) is 2.73. The van der Waals surface area contributed by atoms with Crippen LogP contribution in [-0.2, 0) is 11.2 Å². The van der Waals surface area contributed by atoms with Gasteiger partial charge in [-0.2, -0.15) is 0 Å². The Morgan fingerprint density at radius 3 is 2.55 bits per heavy atom. The Morgan fingerprint density at radius 2 is 1.85 bits per heavy atom. The maximum atomic E-state index is 12.3. The van der Waals surface area contributed by atoms with Gasteiger partial charge in [0.15, 0.2) is 0 Å². The molecule has 1 amide bonds. The summed E-state index contributed by atoms with van der Waals surface area (Å²) in [5.41, 5.74) is 1.14. The Kier molecular flexibility index (Phi) is 5.90. The Bertz CT molecular complexity index is 423. The van der Waals surface area contributed by atoms with Crippen molar-refractivity contribution in [3.05, 3.63) is 29.8 Å². The second-order valence-electron chi connectivity index (χ2n) is 5.34. The highest BCUT2D eigenvalue weighted by Gasteiger charge is 2.15. The van der Waals surface area contributed by atoms with Crippen molar-refractivity contribution in [3.63, 3.8) is 0 Å². The van der Waals surface area contributed by atoms with E-state index in [1.54, 1.807) is 0 Å². The highest BCUT2D eigenvalue weighted by atomic mass is 16.5. The first kappa shape index (κ1) is 14.9. The molecule has 1 saturated heterocycles. The van der Waals surface area contributed by atoms with Crippen LogP contribution in [-0.4, -0.2) is 30.5 Å². The van der Waals surface area contributed by atoms with Crippen LogP contribution in [0.15, 0.2) is 24.3 Å². The zero-order valence-electron chi connectivity index (χ0n) is 12.4. The normalized spacial score (nSPS) is 15.8. The predicted molar refractivity (Wildman–Crippen MR) is 81.0 cm³/mol. The van der Waals surface area contributed by atoms with E-state index in [-0.39, 0.29) is 0 Å². The van der Waals surface area contributed by atoms with Gasteiger partial charge in [0.2, 0.25) is 5.91 Å². The molecule has 1 aromatic rings. The Labute approximate surface area is 121 Å². The van der Waals surface area contributed by atoms with Gasteiger partial charge < -0.3 is 9.64 Å². The second-order valence-corrected chi connectivity index (χ2v) is 5.34. The summed E-state index contributed by atoms with van der Waals surface area (Å²) in [5.74, 6) is 1.21. The van der Waals surface area contributed by atoms with Crippen LogP contribution >= 0.6 is 0 Å². The Hall–Kier alpha value is -1.51. The molecule has 3 heteroatoms. The molecule has 20 heavy (non-hydrogen) atoms. The Balaban J connectivity index is 1.89. The van der Waals surface area contributed by atoms with Crippen molar-refractivity contribution < 1.29 is 9.53 Å². The molecule has 1 fully saturated rings. The summed E-state index contributed by atoms with van der Waals surface area (Å²) in [6.45, 7) is 4.52. The van der Waals surface area contributed by atoms with E-state index in [4.69, 9.17) is 4.74 Å². The van der Waals surface area contributed by atoms with Gasteiger partial charge in [-0.05, 0) is 37.8 Å². The molecule has 110 valence electrons. The molecule has 0 unspecified atom stereocenters. The van der Waals surface area contributed by atoms with Crippen LogP contribution in [0.5, 0.6) is 5.75 Å². The molecule has 0 spiro atoms. The third kappa shape index (κ3) is 4.26. The molecule has 1 aromatic carbocycles. The van der Waals surface area contributed by atoms with Crippen molar-refractivity contribution in [1.29, 1.82) is 0 Å². The quantitative estimate of drug-likeness (QED) is 0.824. The van der Waals surface area contributed by atoms with Gasteiger partial charge in [-0.25, -0.2) is 0 Å². The van der Waals surface area contributed by atoms with E-state index >= 15 is 0 Å². The molecule has 0 saturated carbocycles. The van der Waals surface area contributed by atoms with E-state index in [2.05, 4.69) is 6.07 Å². The molecular weight excluding hydrogens is 250 g/mol. The number of aryl methyl sites for hydroxylation is 1. The van der Waals surface area contributed by atoms with Gasteiger partial charge in [0.1, 0.15) is 5.75 Å². The van der Waals surface area contributed by atoms with Gasteiger partial charge in [0, 0.05) is 19.5 Å². The summed E-state index contributed by atoms with van der Waals surface area (Å²) >= 11 is 0. The molecule has 0 bridgehead atoms. The van der Waals surface area contributed by atoms with Gasteiger partial charge in [-0.1, -0.05) is 31.0 Å². The maximum Gasteiger partial charge on any atom is 0.222 e. The van der Waals surface area contributed by atoms with Gasteiger partial charge in [-0.15, -0.1) is 0 Å². The largest absolute Gasteiger partial charge is 0.494 e. The SMILES string of the molecule is CCOc1ccccc1CCC(=O)N1CCCCCC1. The number of amides is 1. The van der Waals surface area contributed by atoms with Crippen molar-refractivity contribution in [2.75, 3.05) is 19.7 Å². The van der Waals surface area contributed by atoms with Crippen LogP contribution in [0.25, 0.3) is 0 Å². The third-order valence-corrected chi connectivity index (χ3v) is 3.84. The number of para-hydroxylation sites is 1. The summed E-state index contributed by atoms with van der Waals surface area (Å²) in [6.07, 6.45) is 6.19. The van der Waals surface area contributed by atoms with E-state index in [0.29, 0.717) is 18.9 Å². The number of rotatable bonds is 5. The van der Waals surface area contributed by atoms with Gasteiger partial charge in [-0.3, -0.25) is 4.79 Å². The Morgan fingerprint density at radius 1 is 1.15 bits per heavy atom. The average molecular weight is 275 g/mol. The number of ether oxygens (including phenoxy) is 1. The molecule has 2 rings (SSSR count). The summed E-state index contributed by atoms with van der Waals surface area (Å²) in [4.78, 5) is 14.3. The zero-order chi connectivity index (χ0) is 14.2. The van der Waals surface area contributed by atoms with Gasteiger partial charge in [0.25, 0.3) is 0 Å². The minimum Gasteiger partial charge on any atom is -0.494 e. The molecular formula is C17H25NO2. The molecule has 1 aliphatic heterocycles. The van der Waals surface area contributed by atoms with Crippen molar-refractivity contribution in [2.24, 2.45) is 0 Å². The van der Waals surface area contributed by atoms with Crippen molar-refractivity contribution in [2.45, 2.75) is 45.4 Å². The molecule has 0 aromatic heterocycles. The van der Waals surface area contributed by atoms with E-state index in [0.717, 1.165) is 43.7 Å². The fraction of sp³-hybridized carbons (Fsp3) is 0.588. The minimum absolute atomic E-state index is 0.290. The van der Waals surface area contributed by atoms with Crippen LogP contribution in [0.2, 0.25) is 0 Å². The van der Waals surface area contributed by atoms with Crippen molar-refractivity contribution in [3.8, 4) is 5.75 Å². The first-order valence-corrected chi connectivity index (χ1v) is 7.79. The fourth-order valence-electron chi connectivity index (χ4n) is 2.73. The number of carbonyl (C=O) groups excluding carboxylic acids is 1.